The molecule has 3 nitrogen and oxygen atoms in total. The number of hydrogen-bond donors (Lipinski definition) is 2. The lowest BCUT2D eigenvalue weighted by Gasteiger charge is -2.08. The lowest BCUT2D eigenvalue weighted by atomic mass is 10.3. The van der Waals surface area contributed by atoms with Crippen LogP contribution in [0.4, 0.5) is 20.2 Å². The van der Waals surface area contributed by atoms with Crippen LogP contribution in [0.3, 0.4) is 0 Å². The molecule has 0 spiro atoms. The molecule has 0 fully saturated rings. The zero-order valence-corrected chi connectivity index (χ0v) is 11.8. The summed E-state index contributed by atoms with van der Waals surface area (Å²) < 4.78 is 25.7. The summed E-state index contributed by atoms with van der Waals surface area (Å²) in [4.78, 5) is 11.7. The van der Waals surface area contributed by atoms with Gasteiger partial charge in [-0.2, -0.15) is 0 Å². The van der Waals surface area contributed by atoms with Crippen LogP contribution in [0, 0.1) is 11.6 Å². The lowest BCUT2D eigenvalue weighted by molar-refractivity contribution is -0.115. The van der Waals surface area contributed by atoms with Gasteiger partial charge in [-0.15, -0.1) is 0 Å². The van der Waals surface area contributed by atoms with Gasteiger partial charge in [-0.05, 0) is 42.5 Å². The molecule has 0 atom stereocenters. The molecule has 110 valence electrons. The molecular weight excluding hydrogens is 298 g/mol. The minimum atomic E-state index is -0.535. The van der Waals surface area contributed by atoms with Crippen molar-refractivity contribution in [2.45, 2.75) is 6.42 Å². The second kappa shape index (κ2) is 7.04. The van der Waals surface area contributed by atoms with E-state index < -0.39 is 5.82 Å². The SMILES string of the molecule is O=C(CCNc1ccc(F)cc1)Nc1ccc(F)c(Cl)c1. The van der Waals surface area contributed by atoms with E-state index in [1.165, 1.54) is 30.3 Å². The van der Waals surface area contributed by atoms with E-state index in [9.17, 15) is 13.6 Å². The van der Waals surface area contributed by atoms with Crippen LogP contribution in [-0.4, -0.2) is 12.5 Å². The summed E-state index contributed by atoms with van der Waals surface area (Å²) in [6.07, 6.45) is 0.215. The van der Waals surface area contributed by atoms with Crippen LogP contribution in [0.2, 0.25) is 5.02 Å². The second-order valence-corrected chi connectivity index (χ2v) is 4.77. The van der Waals surface area contributed by atoms with Crippen molar-refractivity contribution < 1.29 is 13.6 Å². The number of carbonyl (C=O) groups is 1. The fourth-order valence-corrected chi connectivity index (χ4v) is 1.87. The van der Waals surface area contributed by atoms with Crippen LogP contribution in [-0.2, 0) is 4.79 Å². The van der Waals surface area contributed by atoms with Crippen molar-refractivity contribution in [1.29, 1.82) is 0 Å². The molecule has 0 saturated heterocycles. The highest BCUT2D eigenvalue weighted by Gasteiger charge is 2.05. The van der Waals surface area contributed by atoms with Gasteiger partial charge < -0.3 is 10.6 Å². The second-order valence-electron chi connectivity index (χ2n) is 4.36. The molecule has 6 heteroatoms. The van der Waals surface area contributed by atoms with Gasteiger partial charge in [-0.25, -0.2) is 8.78 Å². The normalized spacial score (nSPS) is 10.2. The van der Waals surface area contributed by atoms with Crippen molar-refractivity contribution >= 4 is 28.9 Å². The molecule has 2 rings (SSSR count). The maximum Gasteiger partial charge on any atom is 0.226 e. The Hall–Kier alpha value is -2.14. The summed E-state index contributed by atoms with van der Waals surface area (Å²) >= 11 is 5.63. The van der Waals surface area contributed by atoms with Crippen LogP contribution in [0.15, 0.2) is 42.5 Å². The third-order valence-corrected chi connectivity index (χ3v) is 3.02. The summed E-state index contributed by atoms with van der Waals surface area (Å²) in [6.45, 7) is 0.395. The zero-order valence-electron chi connectivity index (χ0n) is 11.0. The van der Waals surface area contributed by atoms with E-state index in [4.69, 9.17) is 11.6 Å². The van der Waals surface area contributed by atoms with Gasteiger partial charge in [-0.3, -0.25) is 4.79 Å². The van der Waals surface area contributed by atoms with Gasteiger partial charge in [0.1, 0.15) is 11.6 Å². The predicted octanol–water partition coefficient (Wildman–Crippen LogP) is 4.06. The average molecular weight is 311 g/mol. The van der Waals surface area contributed by atoms with Crippen molar-refractivity contribution in [2.75, 3.05) is 17.2 Å². The zero-order chi connectivity index (χ0) is 15.2. The monoisotopic (exact) mass is 310 g/mol. The smallest absolute Gasteiger partial charge is 0.226 e. The van der Waals surface area contributed by atoms with E-state index in [0.29, 0.717) is 12.2 Å². The van der Waals surface area contributed by atoms with E-state index in [1.54, 1.807) is 12.1 Å². The molecule has 21 heavy (non-hydrogen) atoms. The van der Waals surface area contributed by atoms with Gasteiger partial charge in [0.05, 0.1) is 5.02 Å². The summed E-state index contributed by atoms with van der Waals surface area (Å²) in [5.41, 5.74) is 1.17. The molecule has 0 saturated carbocycles. The minimum Gasteiger partial charge on any atom is -0.385 e. The van der Waals surface area contributed by atoms with Gasteiger partial charge in [-0.1, -0.05) is 11.6 Å². The van der Waals surface area contributed by atoms with Crippen molar-refractivity contribution in [3.8, 4) is 0 Å². The third kappa shape index (κ3) is 4.72. The van der Waals surface area contributed by atoms with Crippen molar-refractivity contribution in [3.05, 3.63) is 59.1 Å². The van der Waals surface area contributed by atoms with Crippen LogP contribution < -0.4 is 10.6 Å². The van der Waals surface area contributed by atoms with Crippen LogP contribution in [0.5, 0.6) is 0 Å². The highest BCUT2D eigenvalue weighted by molar-refractivity contribution is 6.31. The fourth-order valence-electron chi connectivity index (χ4n) is 1.69. The molecule has 0 heterocycles. The Bertz CT molecular complexity index is 632. The van der Waals surface area contributed by atoms with E-state index in [0.717, 1.165) is 5.69 Å². The Morgan fingerprint density at radius 3 is 2.38 bits per heavy atom. The maximum atomic E-state index is 13.0. The van der Waals surface area contributed by atoms with Crippen LogP contribution in [0.25, 0.3) is 0 Å². The number of amides is 1. The van der Waals surface area contributed by atoms with Crippen molar-refractivity contribution in [3.63, 3.8) is 0 Å². The highest BCUT2D eigenvalue weighted by atomic mass is 35.5. The molecule has 0 radical (unpaired) electrons. The fraction of sp³-hybridized carbons (Fsp3) is 0.133. The predicted molar refractivity (Wildman–Crippen MR) is 79.5 cm³/mol. The Morgan fingerprint density at radius 2 is 1.71 bits per heavy atom. The summed E-state index contributed by atoms with van der Waals surface area (Å²) in [5.74, 6) is -1.08. The van der Waals surface area contributed by atoms with Gasteiger partial charge >= 0.3 is 0 Å². The number of benzene rings is 2. The number of rotatable bonds is 5. The molecule has 0 aliphatic carbocycles. The van der Waals surface area contributed by atoms with Gasteiger partial charge in [0.15, 0.2) is 0 Å². The van der Waals surface area contributed by atoms with E-state index >= 15 is 0 Å². The Balaban J connectivity index is 1.79. The third-order valence-electron chi connectivity index (χ3n) is 2.73. The molecule has 0 bridgehead atoms. The van der Waals surface area contributed by atoms with Gasteiger partial charge in [0.2, 0.25) is 5.91 Å². The summed E-state index contributed by atoms with van der Waals surface area (Å²) in [5, 5.41) is 5.57. The minimum absolute atomic E-state index is 0.0442. The van der Waals surface area contributed by atoms with Crippen LogP contribution >= 0.6 is 11.6 Å². The largest absolute Gasteiger partial charge is 0.385 e. The Labute approximate surface area is 125 Å². The van der Waals surface area contributed by atoms with Crippen LogP contribution in [0.1, 0.15) is 6.42 Å². The number of halogens is 3. The number of anilines is 2. The molecule has 0 aliphatic rings. The van der Waals surface area contributed by atoms with E-state index in [1.807, 2.05) is 0 Å². The highest BCUT2D eigenvalue weighted by Crippen LogP contribution is 2.19. The standard InChI is InChI=1S/C15H13ClF2N2O/c16-13-9-12(5-6-14(13)18)20-15(21)7-8-19-11-3-1-10(17)2-4-11/h1-6,9,19H,7-8H2,(H,20,21). The number of hydrogen-bond acceptors (Lipinski definition) is 2. The quantitative estimate of drug-likeness (QED) is 0.874. The molecule has 2 N–H and O–H groups in total. The molecular formula is C15H13ClF2N2O. The van der Waals surface area contributed by atoms with E-state index in [-0.39, 0.29) is 23.2 Å². The Kier molecular flexibility index (Phi) is 5.11. The first-order chi connectivity index (χ1) is 10.0. The average Bonchev–Trinajstić information content (AvgIpc) is 2.45. The number of nitrogens with one attached hydrogen (secondary N) is 2. The molecule has 0 aromatic heterocycles. The van der Waals surface area contributed by atoms with Gasteiger partial charge in [0.25, 0.3) is 0 Å². The number of carbonyl (C=O) groups excluding carboxylic acids is 1. The first-order valence-corrected chi connectivity index (χ1v) is 6.67. The summed E-state index contributed by atoms with van der Waals surface area (Å²) in [6, 6.07) is 9.83. The van der Waals surface area contributed by atoms with Gasteiger partial charge in [0, 0.05) is 24.3 Å². The van der Waals surface area contributed by atoms with Crippen molar-refractivity contribution in [1.82, 2.24) is 0 Å². The maximum absolute atomic E-state index is 13.0. The first-order valence-electron chi connectivity index (χ1n) is 6.29. The molecule has 0 aliphatic heterocycles. The van der Waals surface area contributed by atoms with E-state index in [2.05, 4.69) is 10.6 Å². The Morgan fingerprint density at radius 1 is 1.05 bits per heavy atom. The molecule has 2 aromatic rings. The van der Waals surface area contributed by atoms with Crippen molar-refractivity contribution in [2.24, 2.45) is 0 Å². The lowest BCUT2D eigenvalue weighted by Crippen LogP contribution is -2.16. The summed E-state index contributed by atoms with van der Waals surface area (Å²) in [7, 11) is 0. The molecule has 0 unspecified atom stereocenters. The first kappa shape index (κ1) is 15.3. The molecule has 1 amide bonds. The molecule has 2 aromatic carbocycles. The topological polar surface area (TPSA) is 41.1 Å².